The lowest BCUT2D eigenvalue weighted by Gasteiger charge is -2.37. The fraction of sp³-hybridized carbons (Fsp3) is 0.571. The van der Waals surface area contributed by atoms with E-state index in [1.165, 1.54) is 18.6 Å². The fourth-order valence-corrected chi connectivity index (χ4v) is 2.50. The highest BCUT2D eigenvalue weighted by Gasteiger charge is 2.33. The van der Waals surface area contributed by atoms with Crippen molar-refractivity contribution in [1.29, 1.82) is 0 Å². The van der Waals surface area contributed by atoms with E-state index < -0.39 is 11.7 Å². The summed E-state index contributed by atoms with van der Waals surface area (Å²) in [6.45, 7) is 3.96. The molecule has 1 aliphatic rings. The molecule has 1 fully saturated rings. The maximum absolute atomic E-state index is 12.4. The average molecular weight is 257 g/mol. The molecule has 1 aromatic carbocycles. The second kappa shape index (κ2) is 5.31. The Kier molecular flexibility index (Phi) is 3.95. The number of benzene rings is 1. The highest BCUT2D eigenvalue weighted by atomic mass is 19.4. The molecule has 0 aliphatic heterocycles. The van der Waals surface area contributed by atoms with Crippen LogP contribution in [0.3, 0.4) is 0 Å². The van der Waals surface area contributed by atoms with Crippen LogP contribution in [0, 0.1) is 5.92 Å². The molecule has 0 spiro atoms. The van der Waals surface area contributed by atoms with E-state index in [1.807, 2.05) is 0 Å². The van der Waals surface area contributed by atoms with Gasteiger partial charge in [-0.1, -0.05) is 19.1 Å². The zero-order valence-corrected chi connectivity index (χ0v) is 10.4. The molecule has 4 heteroatoms. The summed E-state index contributed by atoms with van der Waals surface area (Å²) in [6, 6.07) is 5.65. The van der Waals surface area contributed by atoms with Gasteiger partial charge in [-0.2, -0.15) is 13.2 Å². The van der Waals surface area contributed by atoms with E-state index in [0.717, 1.165) is 25.1 Å². The van der Waals surface area contributed by atoms with Gasteiger partial charge in [-0.05, 0) is 55.5 Å². The van der Waals surface area contributed by atoms with Crippen molar-refractivity contribution in [3.05, 3.63) is 35.4 Å². The Balaban J connectivity index is 2.02. The van der Waals surface area contributed by atoms with Crippen LogP contribution in [-0.2, 0) is 6.18 Å². The summed E-state index contributed by atoms with van der Waals surface area (Å²) in [6.07, 6.45) is -1.98. The van der Waals surface area contributed by atoms with Crippen LogP contribution in [0.4, 0.5) is 13.2 Å². The second-order valence-corrected chi connectivity index (χ2v) is 4.87. The Labute approximate surface area is 105 Å². The van der Waals surface area contributed by atoms with Gasteiger partial charge in [-0.15, -0.1) is 0 Å². The van der Waals surface area contributed by atoms with Gasteiger partial charge in [0.05, 0.1) is 5.56 Å². The fourth-order valence-electron chi connectivity index (χ4n) is 2.50. The quantitative estimate of drug-likeness (QED) is 0.865. The Morgan fingerprint density at radius 1 is 1.17 bits per heavy atom. The summed E-state index contributed by atoms with van der Waals surface area (Å²) in [4.78, 5) is 0. The van der Waals surface area contributed by atoms with Crippen molar-refractivity contribution in [2.24, 2.45) is 5.92 Å². The van der Waals surface area contributed by atoms with Gasteiger partial charge in [0, 0.05) is 0 Å². The molecule has 1 saturated carbocycles. The monoisotopic (exact) mass is 257 g/mol. The molecule has 0 radical (unpaired) electrons. The number of halogens is 3. The van der Waals surface area contributed by atoms with E-state index in [0.29, 0.717) is 11.8 Å². The minimum Gasteiger partial charge on any atom is -0.317 e. The van der Waals surface area contributed by atoms with Gasteiger partial charge in [0.2, 0.25) is 0 Å². The Morgan fingerprint density at radius 2 is 1.83 bits per heavy atom. The zero-order valence-electron chi connectivity index (χ0n) is 10.4. The third-order valence-electron chi connectivity index (χ3n) is 3.74. The van der Waals surface area contributed by atoms with Crippen molar-refractivity contribution in [1.82, 2.24) is 5.32 Å². The predicted octanol–water partition coefficient (Wildman–Crippen LogP) is 3.81. The highest BCUT2D eigenvalue weighted by molar-refractivity contribution is 5.29. The van der Waals surface area contributed by atoms with Crippen molar-refractivity contribution in [2.75, 3.05) is 13.1 Å². The smallest absolute Gasteiger partial charge is 0.317 e. The van der Waals surface area contributed by atoms with E-state index in [-0.39, 0.29) is 0 Å². The standard InChI is InChI=1S/C14H18F3N/c1-2-18-9-11-5-8-13(11)10-3-6-12(7-4-10)14(15,16)17/h3-4,6-7,11,13,18H,2,5,8-9H2,1H3. The van der Waals surface area contributed by atoms with E-state index >= 15 is 0 Å². The van der Waals surface area contributed by atoms with Crippen molar-refractivity contribution in [3.63, 3.8) is 0 Å². The minimum atomic E-state index is -4.23. The van der Waals surface area contributed by atoms with Crippen LogP contribution < -0.4 is 5.32 Å². The van der Waals surface area contributed by atoms with Crippen LogP contribution in [0.25, 0.3) is 0 Å². The summed E-state index contributed by atoms with van der Waals surface area (Å²) in [5.41, 5.74) is 0.478. The van der Waals surface area contributed by atoms with E-state index in [1.54, 1.807) is 12.1 Å². The molecule has 0 saturated heterocycles. The number of rotatable bonds is 4. The van der Waals surface area contributed by atoms with E-state index in [2.05, 4.69) is 12.2 Å². The van der Waals surface area contributed by atoms with Gasteiger partial charge >= 0.3 is 6.18 Å². The molecule has 2 atom stereocenters. The third-order valence-corrected chi connectivity index (χ3v) is 3.74. The van der Waals surface area contributed by atoms with Gasteiger partial charge in [0.1, 0.15) is 0 Å². The predicted molar refractivity (Wildman–Crippen MR) is 65.5 cm³/mol. The normalized spacial score (nSPS) is 23.8. The van der Waals surface area contributed by atoms with Gasteiger partial charge in [-0.3, -0.25) is 0 Å². The lowest BCUT2D eigenvalue weighted by atomic mass is 9.70. The first-order chi connectivity index (χ1) is 8.52. The summed E-state index contributed by atoms with van der Waals surface area (Å²) >= 11 is 0. The van der Waals surface area contributed by atoms with Crippen LogP contribution in [0.15, 0.2) is 24.3 Å². The van der Waals surface area contributed by atoms with Crippen LogP contribution in [0.1, 0.15) is 36.8 Å². The van der Waals surface area contributed by atoms with Crippen molar-refractivity contribution >= 4 is 0 Å². The van der Waals surface area contributed by atoms with Crippen molar-refractivity contribution < 1.29 is 13.2 Å². The summed E-state index contributed by atoms with van der Waals surface area (Å²) < 4.78 is 37.3. The Hall–Kier alpha value is -1.03. The summed E-state index contributed by atoms with van der Waals surface area (Å²) in [5, 5.41) is 3.31. The molecule has 2 unspecified atom stereocenters. The van der Waals surface area contributed by atoms with Gasteiger partial charge < -0.3 is 5.32 Å². The van der Waals surface area contributed by atoms with Crippen LogP contribution >= 0.6 is 0 Å². The molecule has 1 nitrogen and oxygen atoms in total. The Bertz CT molecular complexity index is 383. The zero-order chi connectivity index (χ0) is 13.2. The van der Waals surface area contributed by atoms with Gasteiger partial charge in [0.15, 0.2) is 0 Å². The molecular formula is C14H18F3N. The molecule has 1 N–H and O–H groups in total. The largest absolute Gasteiger partial charge is 0.416 e. The Morgan fingerprint density at radius 3 is 2.28 bits per heavy atom. The first kappa shape index (κ1) is 13.4. The van der Waals surface area contributed by atoms with Crippen LogP contribution in [-0.4, -0.2) is 13.1 Å². The van der Waals surface area contributed by atoms with Gasteiger partial charge in [-0.25, -0.2) is 0 Å². The maximum Gasteiger partial charge on any atom is 0.416 e. The van der Waals surface area contributed by atoms with E-state index in [4.69, 9.17) is 0 Å². The van der Waals surface area contributed by atoms with Crippen molar-refractivity contribution in [3.8, 4) is 0 Å². The second-order valence-electron chi connectivity index (χ2n) is 4.87. The maximum atomic E-state index is 12.4. The lowest BCUT2D eigenvalue weighted by molar-refractivity contribution is -0.137. The van der Waals surface area contributed by atoms with Crippen LogP contribution in [0.5, 0.6) is 0 Å². The molecule has 2 rings (SSSR count). The van der Waals surface area contributed by atoms with E-state index in [9.17, 15) is 13.2 Å². The molecule has 0 bridgehead atoms. The average Bonchev–Trinajstić information content (AvgIpc) is 2.27. The minimum absolute atomic E-state index is 0.423. The van der Waals surface area contributed by atoms with Crippen LogP contribution in [0.2, 0.25) is 0 Å². The molecule has 100 valence electrons. The molecule has 1 aliphatic carbocycles. The summed E-state index contributed by atoms with van der Waals surface area (Å²) in [7, 11) is 0. The number of hydrogen-bond donors (Lipinski definition) is 1. The number of hydrogen-bond acceptors (Lipinski definition) is 1. The highest BCUT2D eigenvalue weighted by Crippen LogP contribution is 2.42. The lowest BCUT2D eigenvalue weighted by Crippen LogP contribution is -2.33. The first-order valence-electron chi connectivity index (χ1n) is 6.40. The first-order valence-corrected chi connectivity index (χ1v) is 6.40. The summed E-state index contributed by atoms with van der Waals surface area (Å²) in [5.74, 6) is 0.994. The SMILES string of the molecule is CCNCC1CCC1c1ccc(C(F)(F)F)cc1. The molecular weight excluding hydrogens is 239 g/mol. The molecule has 18 heavy (non-hydrogen) atoms. The molecule has 0 amide bonds. The number of alkyl halides is 3. The third kappa shape index (κ3) is 2.86. The molecule has 0 heterocycles. The molecule has 0 aromatic heterocycles. The number of nitrogens with one attached hydrogen (secondary N) is 1. The van der Waals surface area contributed by atoms with Crippen molar-refractivity contribution in [2.45, 2.75) is 31.9 Å². The molecule has 1 aromatic rings. The van der Waals surface area contributed by atoms with Gasteiger partial charge in [0.25, 0.3) is 0 Å². The topological polar surface area (TPSA) is 12.0 Å².